The molecule has 0 unspecified atom stereocenters. The summed E-state index contributed by atoms with van der Waals surface area (Å²) in [7, 11) is 0. The van der Waals surface area contributed by atoms with Crippen molar-refractivity contribution in [2.45, 2.75) is 26.2 Å². The number of carbonyl (C=O) groups excluding carboxylic acids is 2. The van der Waals surface area contributed by atoms with E-state index in [4.69, 9.17) is 4.74 Å². The van der Waals surface area contributed by atoms with Gasteiger partial charge in [-0.25, -0.2) is 0 Å². The van der Waals surface area contributed by atoms with Gasteiger partial charge in [0.15, 0.2) is 0 Å². The minimum atomic E-state index is -0.241. The van der Waals surface area contributed by atoms with E-state index in [1.165, 1.54) is 4.90 Å². The molecule has 1 heterocycles. The van der Waals surface area contributed by atoms with Gasteiger partial charge in [0.1, 0.15) is 12.4 Å². The van der Waals surface area contributed by atoms with E-state index in [2.05, 4.69) is 19.9 Å². The van der Waals surface area contributed by atoms with Crippen LogP contribution in [0.3, 0.4) is 0 Å². The molecule has 2 amide bonds. The molecule has 1 aliphatic heterocycles. The quantitative estimate of drug-likeness (QED) is 0.758. The largest absolute Gasteiger partial charge is 0.491 e. The minimum Gasteiger partial charge on any atom is -0.491 e. The Labute approximate surface area is 142 Å². The van der Waals surface area contributed by atoms with Crippen molar-refractivity contribution in [2.24, 2.45) is 0 Å². The average molecular weight is 323 g/mol. The lowest BCUT2D eigenvalue weighted by molar-refractivity contribution is 0.0631. The number of imide groups is 1. The first-order valence-corrected chi connectivity index (χ1v) is 8.30. The molecular weight excluding hydrogens is 302 g/mol. The predicted octanol–water partition coefficient (Wildman–Crippen LogP) is 3.88. The summed E-state index contributed by atoms with van der Waals surface area (Å²) in [6.07, 6.45) is 1.03. The van der Waals surface area contributed by atoms with Crippen LogP contribution in [-0.2, 0) is 0 Å². The number of nitrogens with zero attached hydrogens (tertiary/aromatic N) is 1. The van der Waals surface area contributed by atoms with Crippen molar-refractivity contribution in [1.29, 1.82) is 0 Å². The van der Waals surface area contributed by atoms with Crippen LogP contribution < -0.4 is 4.74 Å². The normalized spacial score (nSPS) is 14.7. The predicted molar refractivity (Wildman–Crippen MR) is 92.5 cm³/mol. The van der Waals surface area contributed by atoms with Crippen LogP contribution >= 0.6 is 0 Å². The zero-order valence-corrected chi connectivity index (χ0v) is 14.0. The number of hydrogen-bond acceptors (Lipinski definition) is 3. The van der Waals surface area contributed by atoms with Crippen molar-refractivity contribution >= 4 is 11.8 Å². The summed E-state index contributed by atoms with van der Waals surface area (Å²) in [5.41, 5.74) is 2.10. The summed E-state index contributed by atoms with van der Waals surface area (Å²) in [6, 6.07) is 14.8. The maximum absolute atomic E-state index is 12.3. The summed E-state index contributed by atoms with van der Waals surface area (Å²) in [5, 5.41) is 0. The lowest BCUT2D eigenvalue weighted by Gasteiger charge is -2.18. The third-order valence-electron chi connectivity index (χ3n) is 4.51. The van der Waals surface area contributed by atoms with E-state index in [0.717, 1.165) is 17.7 Å². The molecule has 2 aromatic rings. The van der Waals surface area contributed by atoms with E-state index in [1.54, 1.807) is 24.3 Å². The van der Waals surface area contributed by atoms with E-state index >= 15 is 0 Å². The highest BCUT2D eigenvalue weighted by Gasteiger charge is 2.34. The standard InChI is InChI=1S/C20H21NO3/c1-3-14(2)15-8-6-7-11-18(15)24-13-12-21-19(22)16-9-4-5-10-17(16)20(21)23/h4-11,14H,3,12-13H2,1-2H3/t14-/m0/s1. The first kappa shape index (κ1) is 16.2. The molecule has 4 nitrogen and oxygen atoms in total. The van der Waals surface area contributed by atoms with Gasteiger partial charge in [0.25, 0.3) is 11.8 Å². The molecular formula is C20H21NO3. The third kappa shape index (κ3) is 2.92. The molecule has 1 aliphatic rings. The number of carbonyl (C=O) groups is 2. The summed E-state index contributed by atoms with van der Waals surface area (Å²) in [6.45, 7) is 4.84. The fourth-order valence-corrected chi connectivity index (χ4v) is 2.93. The number of ether oxygens (including phenoxy) is 1. The van der Waals surface area contributed by atoms with Crippen LogP contribution in [0.2, 0.25) is 0 Å². The van der Waals surface area contributed by atoms with Crippen LogP contribution in [0.25, 0.3) is 0 Å². The molecule has 0 radical (unpaired) electrons. The molecule has 0 aromatic heterocycles. The summed E-state index contributed by atoms with van der Waals surface area (Å²) >= 11 is 0. The first-order chi connectivity index (χ1) is 11.6. The topological polar surface area (TPSA) is 46.6 Å². The summed E-state index contributed by atoms with van der Waals surface area (Å²) < 4.78 is 5.87. The Bertz CT molecular complexity index is 734. The van der Waals surface area contributed by atoms with Crippen molar-refractivity contribution in [3.05, 3.63) is 65.2 Å². The van der Waals surface area contributed by atoms with E-state index in [-0.39, 0.29) is 18.4 Å². The van der Waals surface area contributed by atoms with Gasteiger partial charge in [0.05, 0.1) is 17.7 Å². The van der Waals surface area contributed by atoms with Gasteiger partial charge in [0.2, 0.25) is 0 Å². The van der Waals surface area contributed by atoms with Crippen molar-refractivity contribution in [2.75, 3.05) is 13.2 Å². The van der Waals surface area contributed by atoms with Gasteiger partial charge in [-0.15, -0.1) is 0 Å². The van der Waals surface area contributed by atoms with Crippen molar-refractivity contribution in [3.8, 4) is 5.75 Å². The van der Waals surface area contributed by atoms with Gasteiger partial charge in [0, 0.05) is 0 Å². The molecule has 0 saturated heterocycles. The number of fused-ring (bicyclic) bond motifs is 1. The van der Waals surface area contributed by atoms with Gasteiger partial charge in [-0.3, -0.25) is 14.5 Å². The average Bonchev–Trinajstić information content (AvgIpc) is 2.86. The lowest BCUT2D eigenvalue weighted by Crippen LogP contribution is -2.33. The van der Waals surface area contributed by atoms with Crippen LogP contribution in [0.15, 0.2) is 48.5 Å². The van der Waals surface area contributed by atoms with E-state index in [0.29, 0.717) is 23.7 Å². The smallest absolute Gasteiger partial charge is 0.261 e. The summed E-state index contributed by atoms with van der Waals surface area (Å²) in [5.74, 6) is 0.743. The molecule has 0 spiro atoms. The highest BCUT2D eigenvalue weighted by molar-refractivity contribution is 6.21. The highest BCUT2D eigenvalue weighted by Crippen LogP contribution is 2.28. The van der Waals surface area contributed by atoms with E-state index in [9.17, 15) is 9.59 Å². The van der Waals surface area contributed by atoms with E-state index < -0.39 is 0 Å². The molecule has 124 valence electrons. The molecule has 24 heavy (non-hydrogen) atoms. The molecule has 2 aromatic carbocycles. The fraction of sp³-hybridized carbons (Fsp3) is 0.300. The maximum atomic E-state index is 12.3. The first-order valence-electron chi connectivity index (χ1n) is 8.30. The Kier molecular flexibility index (Phi) is 4.65. The van der Waals surface area contributed by atoms with Crippen LogP contribution in [0.5, 0.6) is 5.75 Å². The van der Waals surface area contributed by atoms with Gasteiger partial charge >= 0.3 is 0 Å². The van der Waals surface area contributed by atoms with Crippen LogP contribution in [0, 0.1) is 0 Å². The number of rotatable bonds is 6. The molecule has 0 N–H and O–H groups in total. The zero-order chi connectivity index (χ0) is 17.1. The van der Waals surface area contributed by atoms with Crippen molar-refractivity contribution < 1.29 is 14.3 Å². The van der Waals surface area contributed by atoms with Gasteiger partial charge < -0.3 is 4.74 Å². The lowest BCUT2D eigenvalue weighted by atomic mass is 9.98. The number of amides is 2. The van der Waals surface area contributed by atoms with Gasteiger partial charge in [-0.2, -0.15) is 0 Å². The molecule has 0 fully saturated rings. The SMILES string of the molecule is CC[C@H](C)c1ccccc1OCCN1C(=O)c2ccccc2C1=O. The number of para-hydroxylation sites is 1. The second kappa shape index (κ2) is 6.87. The Balaban J connectivity index is 1.66. The zero-order valence-electron chi connectivity index (χ0n) is 14.0. The highest BCUT2D eigenvalue weighted by atomic mass is 16.5. The summed E-state index contributed by atoms with van der Waals surface area (Å²) in [4.78, 5) is 25.9. The second-order valence-electron chi connectivity index (χ2n) is 6.00. The van der Waals surface area contributed by atoms with Crippen LogP contribution in [0.4, 0.5) is 0 Å². The third-order valence-corrected chi connectivity index (χ3v) is 4.51. The molecule has 3 rings (SSSR count). The van der Waals surface area contributed by atoms with E-state index in [1.807, 2.05) is 18.2 Å². The Morgan fingerprint density at radius 3 is 2.17 bits per heavy atom. The molecule has 1 atom stereocenters. The molecule has 4 heteroatoms. The fourth-order valence-electron chi connectivity index (χ4n) is 2.93. The number of benzene rings is 2. The Hall–Kier alpha value is -2.62. The molecule has 0 bridgehead atoms. The van der Waals surface area contributed by atoms with Gasteiger partial charge in [-0.1, -0.05) is 44.2 Å². The van der Waals surface area contributed by atoms with Crippen molar-refractivity contribution in [1.82, 2.24) is 4.90 Å². The minimum absolute atomic E-state index is 0.241. The Morgan fingerprint density at radius 1 is 0.958 bits per heavy atom. The maximum Gasteiger partial charge on any atom is 0.261 e. The molecule has 0 aliphatic carbocycles. The van der Waals surface area contributed by atoms with Crippen LogP contribution in [0.1, 0.15) is 52.5 Å². The Morgan fingerprint density at radius 2 is 1.54 bits per heavy atom. The van der Waals surface area contributed by atoms with Crippen molar-refractivity contribution in [3.63, 3.8) is 0 Å². The van der Waals surface area contributed by atoms with Crippen LogP contribution in [-0.4, -0.2) is 29.9 Å². The second-order valence-corrected chi connectivity index (χ2v) is 6.00. The molecule has 0 saturated carbocycles. The van der Waals surface area contributed by atoms with Gasteiger partial charge in [-0.05, 0) is 36.1 Å². The monoisotopic (exact) mass is 323 g/mol. The number of hydrogen-bond donors (Lipinski definition) is 0.